The van der Waals surface area contributed by atoms with E-state index in [1.807, 2.05) is 6.92 Å². The van der Waals surface area contributed by atoms with E-state index in [-0.39, 0.29) is 0 Å². The molecule has 1 rings (SSSR count). The van der Waals surface area contributed by atoms with Crippen molar-refractivity contribution < 1.29 is 8.42 Å². The molecule has 0 aromatic heterocycles. The molecule has 0 radical (unpaired) electrons. The molecule has 4 N–H and O–H groups in total. The lowest BCUT2D eigenvalue weighted by molar-refractivity contribution is 0.494. The van der Waals surface area contributed by atoms with Gasteiger partial charge in [-0.15, -0.1) is 0 Å². The molecule has 96 valence electrons. The highest BCUT2D eigenvalue weighted by atomic mass is 32.2. The lowest BCUT2D eigenvalue weighted by Gasteiger charge is -2.21. The molecule has 1 aromatic carbocycles. The van der Waals surface area contributed by atoms with Gasteiger partial charge in [0.2, 0.25) is 0 Å². The van der Waals surface area contributed by atoms with Crippen LogP contribution in [0.2, 0.25) is 0 Å². The topological polar surface area (TPSA) is 84.2 Å². The van der Waals surface area contributed by atoms with E-state index in [1.165, 1.54) is 0 Å². The summed E-state index contributed by atoms with van der Waals surface area (Å²) in [6, 6.07) is 5.16. The van der Waals surface area contributed by atoms with Crippen molar-refractivity contribution in [2.75, 3.05) is 10.5 Å². The van der Waals surface area contributed by atoms with Gasteiger partial charge in [-0.1, -0.05) is 6.07 Å². The summed E-state index contributed by atoms with van der Waals surface area (Å²) >= 11 is 0. The fraction of sp³-hybridized carbons (Fsp3) is 0.455. The number of benzene rings is 1. The van der Waals surface area contributed by atoms with Gasteiger partial charge in [-0.25, -0.2) is 0 Å². The highest BCUT2D eigenvalue weighted by molar-refractivity contribution is 7.90. The number of nitrogens with two attached hydrogens (primary N) is 1. The normalized spacial score (nSPS) is 12.5. The fourth-order valence-corrected chi connectivity index (χ4v) is 2.68. The Bertz CT molecular complexity index is 504. The predicted molar refractivity (Wildman–Crippen MR) is 71.0 cm³/mol. The standard InChI is InChI=1S/C11H19N3O2S/c1-8-5-6-10(9(12)7-8)13-17(15,16)14-11(2,3)4/h5-7,13-14H,12H2,1-4H3. The molecule has 1 aromatic rings. The molecule has 0 unspecified atom stereocenters. The van der Waals surface area contributed by atoms with E-state index in [4.69, 9.17) is 5.73 Å². The van der Waals surface area contributed by atoms with Crippen LogP contribution in [0.25, 0.3) is 0 Å². The van der Waals surface area contributed by atoms with Crippen molar-refractivity contribution >= 4 is 21.6 Å². The first-order chi connectivity index (χ1) is 7.59. The molecule has 0 aliphatic rings. The zero-order valence-electron chi connectivity index (χ0n) is 10.5. The van der Waals surface area contributed by atoms with Crippen molar-refractivity contribution in [3.63, 3.8) is 0 Å². The van der Waals surface area contributed by atoms with Gasteiger partial charge in [-0.2, -0.15) is 13.1 Å². The van der Waals surface area contributed by atoms with Crippen LogP contribution in [0.15, 0.2) is 18.2 Å². The predicted octanol–water partition coefficient (Wildman–Crippen LogP) is 1.62. The molecule has 0 aliphatic heterocycles. The van der Waals surface area contributed by atoms with Gasteiger partial charge in [-0.3, -0.25) is 4.72 Å². The van der Waals surface area contributed by atoms with E-state index >= 15 is 0 Å². The number of rotatable bonds is 3. The summed E-state index contributed by atoms with van der Waals surface area (Å²) in [7, 11) is -3.61. The van der Waals surface area contributed by atoms with E-state index in [0.717, 1.165) is 5.56 Å². The van der Waals surface area contributed by atoms with Crippen molar-refractivity contribution in [3.8, 4) is 0 Å². The molecule has 0 bridgehead atoms. The van der Waals surface area contributed by atoms with Gasteiger partial charge in [0.1, 0.15) is 0 Å². The first-order valence-electron chi connectivity index (χ1n) is 5.27. The second kappa shape index (κ2) is 4.54. The average Bonchev–Trinajstić information content (AvgIpc) is 2.05. The second-order valence-electron chi connectivity index (χ2n) is 5.05. The summed E-state index contributed by atoms with van der Waals surface area (Å²) in [5.74, 6) is 0. The molecule has 6 heteroatoms. The summed E-state index contributed by atoms with van der Waals surface area (Å²) in [6.07, 6.45) is 0. The Morgan fingerprint density at radius 1 is 1.24 bits per heavy atom. The third-order valence-electron chi connectivity index (χ3n) is 1.89. The van der Waals surface area contributed by atoms with Crippen molar-refractivity contribution in [2.24, 2.45) is 0 Å². The van der Waals surface area contributed by atoms with Gasteiger partial charge >= 0.3 is 0 Å². The van der Waals surface area contributed by atoms with Crippen LogP contribution >= 0.6 is 0 Å². The Hall–Kier alpha value is -1.27. The molecule has 0 atom stereocenters. The summed E-state index contributed by atoms with van der Waals surface area (Å²) in [5.41, 5.74) is 6.97. The van der Waals surface area contributed by atoms with Crippen molar-refractivity contribution in [3.05, 3.63) is 23.8 Å². The Morgan fingerprint density at radius 2 is 1.82 bits per heavy atom. The Labute approximate surface area is 103 Å². The van der Waals surface area contributed by atoms with Crippen molar-refractivity contribution in [1.29, 1.82) is 0 Å². The number of nitrogens with one attached hydrogen (secondary N) is 2. The number of nitrogen functional groups attached to an aromatic ring is 1. The molecule has 17 heavy (non-hydrogen) atoms. The van der Waals surface area contributed by atoms with Gasteiger partial charge in [0.05, 0.1) is 11.4 Å². The third-order valence-corrected chi connectivity index (χ3v) is 3.26. The van der Waals surface area contributed by atoms with Gasteiger partial charge in [0.15, 0.2) is 0 Å². The maximum Gasteiger partial charge on any atom is 0.299 e. The Morgan fingerprint density at radius 3 is 2.29 bits per heavy atom. The van der Waals surface area contributed by atoms with Crippen LogP contribution in [0.4, 0.5) is 11.4 Å². The largest absolute Gasteiger partial charge is 0.397 e. The van der Waals surface area contributed by atoms with E-state index < -0.39 is 15.7 Å². The van der Waals surface area contributed by atoms with Gasteiger partial charge < -0.3 is 5.73 Å². The van der Waals surface area contributed by atoms with Crippen LogP contribution in [-0.2, 0) is 10.2 Å². The first kappa shape index (κ1) is 13.8. The zero-order valence-corrected chi connectivity index (χ0v) is 11.4. The number of anilines is 2. The molecular formula is C11H19N3O2S. The van der Waals surface area contributed by atoms with Crippen molar-refractivity contribution in [2.45, 2.75) is 33.2 Å². The van der Waals surface area contributed by atoms with Crippen LogP contribution in [0, 0.1) is 6.92 Å². The van der Waals surface area contributed by atoms with E-state index in [0.29, 0.717) is 11.4 Å². The van der Waals surface area contributed by atoms with E-state index in [1.54, 1.807) is 39.0 Å². The lowest BCUT2D eigenvalue weighted by Crippen LogP contribution is -2.43. The molecule has 0 spiro atoms. The fourth-order valence-electron chi connectivity index (χ4n) is 1.35. The number of hydrogen-bond acceptors (Lipinski definition) is 3. The van der Waals surface area contributed by atoms with E-state index in [9.17, 15) is 8.42 Å². The molecule has 0 amide bonds. The smallest absolute Gasteiger partial charge is 0.299 e. The highest BCUT2D eigenvalue weighted by Crippen LogP contribution is 2.20. The van der Waals surface area contributed by atoms with Crippen LogP contribution in [0.3, 0.4) is 0 Å². The molecule has 0 fully saturated rings. The SMILES string of the molecule is Cc1ccc(NS(=O)(=O)NC(C)(C)C)c(N)c1. The Balaban J connectivity index is 2.91. The minimum absolute atomic E-state index is 0.382. The molecule has 0 saturated heterocycles. The van der Waals surface area contributed by atoms with Crippen LogP contribution < -0.4 is 15.2 Å². The first-order valence-corrected chi connectivity index (χ1v) is 6.75. The zero-order chi connectivity index (χ0) is 13.3. The minimum atomic E-state index is -3.61. The minimum Gasteiger partial charge on any atom is -0.397 e. The second-order valence-corrected chi connectivity index (χ2v) is 6.46. The molecule has 0 aliphatic carbocycles. The maximum atomic E-state index is 11.8. The summed E-state index contributed by atoms with van der Waals surface area (Å²) in [6.45, 7) is 7.20. The van der Waals surface area contributed by atoms with Crippen LogP contribution in [0.1, 0.15) is 26.3 Å². The number of aryl methyl sites for hydroxylation is 1. The molecule has 5 nitrogen and oxygen atoms in total. The van der Waals surface area contributed by atoms with Gasteiger partial charge in [0.25, 0.3) is 10.2 Å². The quantitative estimate of drug-likeness (QED) is 0.719. The van der Waals surface area contributed by atoms with E-state index in [2.05, 4.69) is 9.44 Å². The van der Waals surface area contributed by atoms with Gasteiger partial charge in [0, 0.05) is 5.54 Å². The molecule has 0 heterocycles. The lowest BCUT2D eigenvalue weighted by atomic mass is 10.1. The Kier molecular flexibility index (Phi) is 3.68. The average molecular weight is 257 g/mol. The highest BCUT2D eigenvalue weighted by Gasteiger charge is 2.20. The van der Waals surface area contributed by atoms with Crippen LogP contribution in [-0.4, -0.2) is 14.0 Å². The molecule has 0 saturated carbocycles. The van der Waals surface area contributed by atoms with Crippen LogP contribution in [0.5, 0.6) is 0 Å². The summed E-state index contributed by atoms with van der Waals surface area (Å²) < 4.78 is 28.4. The molecular weight excluding hydrogens is 238 g/mol. The summed E-state index contributed by atoms with van der Waals surface area (Å²) in [4.78, 5) is 0. The summed E-state index contributed by atoms with van der Waals surface area (Å²) in [5, 5.41) is 0. The number of hydrogen-bond donors (Lipinski definition) is 3. The monoisotopic (exact) mass is 257 g/mol. The van der Waals surface area contributed by atoms with Gasteiger partial charge in [-0.05, 0) is 45.4 Å². The third kappa shape index (κ3) is 4.62. The maximum absolute atomic E-state index is 11.8. The van der Waals surface area contributed by atoms with Crippen molar-refractivity contribution in [1.82, 2.24) is 4.72 Å².